The highest BCUT2D eigenvalue weighted by molar-refractivity contribution is 5.97. The average molecular weight is 333 g/mol. The maximum Gasteiger partial charge on any atom is 0.328 e. The summed E-state index contributed by atoms with van der Waals surface area (Å²) < 4.78 is 1.08. The fourth-order valence-corrected chi connectivity index (χ4v) is 2.42. The Balaban J connectivity index is 2.24. The Kier molecular flexibility index (Phi) is 5.18. The first-order valence-corrected chi connectivity index (χ1v) is 7.60. The number of aromatic amines is 1. The van der Waals surface area contributed by atoms with E-state index < -0.39 is 23.1 Å². The van der Waals surface area contributed by atoms with Crippen molar-refractivity contribution in [2.45, 2.75) is 26.8 Å². The summed E-state index contributed by atoms with van der Waals surface area (Å²) in [5.74, 6) is -1.52. The lowest BCUT2D eigenvalue weighted by atomic mass is 10.1. The summed E-state index contributed by atoms with van der Waals surface area (Å²) in [4.78, 5) is 49.3. The topological polar surface area (TPSA) is 121 Å². The van der Waals surface area contributed by atoms with E-state index in [1.807, 2.05) is 0 Å². The number of hydrogen-bond donors (Lipinski definition) is 3. The van der Waals surface area contributed by atoms with Gasteiger partial charge in [-0.05, 0) is 31.0 Å². The molecule has 0 spiro atoms. The van der Waals surface area contributed by atoms with Gasteiger partial charge in [0.1, 0.15) is 0 Å². The molecule has 1 atom stereocenters. The van der Waals surface area contributed by atoms with Crippen LogP contribution in [0.5, 0.6) is 0 Å². The second-order valence-corrected chi connectivity index (χ2v) is 5.65. The lowest BCUT2D eigenvalue weighted by Crippen LogP contribution is -2.34. The van der Waals surface area contributed by atoms with Crippen molar-refractivity contribution < 1.29 is 14.7 Å². The Morgan fingerprint density at radius 2 is 2.04 bits per heavy atom. The number of benzene rings is 1. The van der Waals surface area contributed by atoms with Crippen LogP contribution in [-0.2, 0) is 11.3 Å². The summed E-state index contributed by atoms with van der Waals surface area (Å²) in [6.45, 7) is 3.90. The predicted octanol–water partition coefficient (Wildman–Crippen LogP) is 0.550. The van der Waals surface area contributed by atoms with Gasteiger partial charge in [-0.3, -0.25) is 19.0 Å². The maximum atomic E-state index is 12.2. The van der Waals surface area contributed by atoms with Crippen LogP contribution in [0.4, 0.5) is 0 Å². The number of rotatable bonds is 6. The Morgan fingerprint density at radius 3 is 2.67 bits per heavy atom. The maximum absolute atomic E-state index is 12.2. The van der Waals surface area contributed by atoms with E-state index in [0.717, 1.165) is 4.57 Å². The standard InChI is InChI=1S/C16H19N3O5/c1-3-19-15(23)11-5-4-10(7-12(11)18-16(19)24)14(22)17-8-9(2)6-13(20)21/h4-5,7,9H,3,6,8H2,1-2H3,(H,17,22)(H,18,24)(H,20,21). The van der Waals surface area contributed by atoms with Crippen molar-refractivity contribution in [1.82, 2.24) is 14.9 Å². The molecule has 1 unspecified atom stereocenters. The van der Waals surface area contributed by atoms with E-state index in [0.29, 0.717) is 10.9 Å². The van der Waals surface area contributed by atoms with Gasteiger partial charge in [0.25, 0.3) is 11.5 Å². The van der Waals surface area contributed by atoms with Crippen LogP contribution in [0.25, 0.3) is 10.9 Å². The summed E-state index contributed by atoms with van der Waals surface area (Å²) >= 11 is 0. The molecule has 0 bridgehead atoms. The summed E-state index contributed by atoms with van der Waals surface area (Å²) in [5.41, 5.74) is -0.351. The van der Waals surface area contributed by atoms with Crippen molar-refractivity contribution in [3.8, 4) is 0 Å². The first-order chi connectivity index (χ1) is 11.3. The minimum absolute atomic E-state index is 0.0398. The van der Waals surface area contributed by atoms with Gasteiger partial charge in [0.15, 0.2) is 0 Å². The van der Waals surface area contributed by atoms with Gasteiger partial charge < -0.3 is 15.4 Å². The molecule has 24 heavy (non-hydrogen) atoms. The normalized spacial score (nSPS) is 12.1. The molecular formula is C16H19N3O5. The number of aliphatic carboxylic acids is 1. The van der Waals surface area contributed by atoms with E-state index in [1.54, 1.807) is 13.8 Å². The van der Waals surface area contributed by atoms with Crippen molar-refractivity contribution in [2.75, 3.05) is 6.54 Å². The van der Waals surface area contributed by atoms with E-state index >= 15 is 0 Å². The quantitative estimate of drug-likeness (QED) is 0.713. The third kappa shape index (κ3) is 3.70. The molecule has 0 radical (unpaired) electrons. The number of carbonyl (C=O) groups is 2. The van der Waals surface area contributed by atoms with Crippen molar-refractivity contribution >= 4 is 22.8 Å². The van der Waals surface area contributed by atoms with E-state index in [2.05, 4.69) is 10.3 Å². The van der Waals surface area contributed by atoms with E-state index in [9.17, 15) is 19.2 Å². The van der Waals surface area contributed by atoms with Crippen molar-refractivity contribution in [1.29, 1.82) is 0 Å². The van der Waals surface area contributed by atoms with E-state index in [-0.39, 0.29) is 31.0 Å². The Hall–Kier alpha value is -2.90. The summed E-state index contributed by atoms with van der Waals surface area (Å²) in [5, 5.41) is 11.7. The molecule has 0 aliphatic heterocycles. The monoisotopic (exact) mass is 333 g/mol. The number of nitrogens with one attached hydrogen (secondary N) is 2. The molecule has 2 aromatic rings. The number of nitrogens with zero attached hydrogens (tertiary/aromatic N) is 1. The molecule has 0 saturated carbocycles. The Morgan fingerprint density at radius 1 is 1.33 bits per heavy atom. The van der Waals surface area contributed by atoms with Gasteiger partial charge in [0.05, 0.1) is 10.9 Å². The number of hydrogen-bond acceptors (Lipinski definition) is 4. The molecule has 3 N–H and O–H groups in total. The number of fused-ring (bicyclic) bond motifs is 1. The minimum atomic E-state index is -0.924. The molecular weight excluding hydrogens is 314 g/mol. The highest BCUT2D eigenvalue weighted by Gasteiger charge is 2.13. The fraction of sp³-hybridized carbons (Fsp3) is 0.375. The lowest BCUT2D eigenvalue weighted by molar-refractivity contribution is -0.137. The molecule has 1 aromatic heterocycles. The van der Waals surface area contributed by atoms with Crippen LogP contribution in [-0.4, -0.2) is 33.1 Å². The van der Waals surface area contributed by atoms with Gasteiger partial charge in [0, 0.05) is 25.1 Å². The first kappa shape index (κ1) is 17.5. The Bertz CT molecular complexity index is 897. The zero-order valence-corrected chi connectivity index (χ0v) is 13.5. The van der Waals surface area contributed by atoms with E-state index in [4.69, 9.17) is 5.11 Å². The molecule has 8 nitrogen and oxygen atoms in total. The molecule has 0 aliphatic rings. The summed E-state index contributed by atoms with van der Waals surface area (Å²) in [7, 11) is 0. The molecule has 0 aliphatic carbocycles. The van der Waals surface area contributed by atoms with Gasteiger partial charge in [-0.25, -0.2) is 4.79 Å². The number of aromatic nitrogens is 2. The highest BCUT2D eigenvalue weighted by atomic mass is 16.4. The molecule has 1 heterocycles. The molecule has 0 saturated heterocycles. The lowest BCUT2D eigenvalue weighted by Gasteiger charge is -2.11. The SMILES string of the molecule is CCn1c(=O)[nH]c2cc(C(=O)NCC(C)CC(=O)O)ccc2c1=O. The predicted molar refractivity (Wildman–Crippen MR) is 88.3 cm³/mol. The van der Waals surface area contributed by atoms with Crippen LogP contribution < -0.4 is 16.6 Å². The average Bonchev–Trinajstić information content (AvgIpc) is 2.51. The van der Waals surface area contributed by atoms with Crippen LogP contribution in [0, 0.1) is 5.92 Å². The molecule has 0 fully saturated rings. The van der Waals surface area contributed by atoms with Crippen molar-refractivity contribution in [3.05, 3.63) is 44.6 Å². The van der Waals surface area contributed by atoms with Crippen LogP contribution in [0.1, 0.15) is 30.6 Å². The number of amides is 1. The van der Waals surface area contributed by atoms with Crippen LogP contribution >= 0.6 is 0 Å². The third-order valence-corrected chi connectivity index (χ3v) is 3.69. The number of H-pyrrole nitrogens is 1. The Labute approximate surface area is 137 Å². The smallest absolute Gasteiger partial charge is 0.328 e. The zero-order valence-electron chi connectivity index (χ0n) is 13.5. The minimum Gasteiger partial charge on any atom is -0.481 e. The van der Waals surface area contributed by atoms with Gasteiger partial charge in [0.2, 0.25) is 0 Å². The molecule has 128 valence electrons. The zero-order chi connectivity index (χ0) is 17.9. The number of carboxylic acid groups (broad SMARTS) is 1. The number of carboxylic acids is 1. The summed E-state index contributed by atoms with van der Waals surface area (Å²) in [6.07, 6.45) is -0.0398. The highest BCUT2D eigenvalue weighted by Crippen LogP contribution is 2.09. The van der Waals surface area contributed by atoms with Crippen LogP contribution in [0.3, 0.4) is 0 Å². The largest absolute Gasteiger partial charge is 0.481 e. The van der Waals surface area contributed by atoms with Gasteiger partial charge in [-0.1, -0.05) is 6.92 Å². The number of carbonyl (C=O) groups excluding carboxylic acids is 1. The molecule has 1 aromatic carbocycles. The van der Waals surface area contributed by atoms with Gasteiger partial charge >= 0.3 is 11.7 Å². The van der Waals surface area contributed by atoms with Crippen LogP contribution in [0.15, 0.2) is 27.8 Å². The van der Waals surface area contributed by atoms with Crippen LogP contribution in [0.2, 0.25) is 0 Å². The van der Waals surface area contributed by atoms with Gasteiger partial charge in [-0.15, -0.1) is 0 Å². The second kappa shape index (κ2) is 7.12. The first-order valence-electron chi connectivity index (χ1n) is 7.60. The van der Waals surface area contributed by atoms with Gasteiger partial charge in [-0.2, -0.15) is 0 Å². The van der Waals surface area contributed by atoms with Crippen molar-refractivity contribution in [3.63, 3.8) is 0 Å². The van der Waals surface area contributed by atoms with E-state index in [1.165, 1.54) is 18.2 Å². The fourth-order valence-electron chi connectivity index (χ4n) is 2.42. The molecule has 1 amide bonds. The summed E-state index contributed by atoms with van der Waals surface area (Å²) in [6, 6.07) is 4.43. The van der Waals surface area contributed by atoms with Crippen molar-refractivity contribution in [2.24, 2.45) is 5.92 Å². The second-order valence-electron chi connectivity index (χ2n) is 5.65. The molecule has 8 heteroatoms. The third-order valence-electron chi connectivity index (χ3n) is 3.69. The molecule has 2 rings (SSSR count).